The van der Waals surface area contributed by atoms with Gasteiger partial charge in [0, 0.05) is 49.0 Å². The van der Waals surface area contributed by atoms with E-state index in [4.69, 9.17) is 4.74 Å². The molecule has 7 aliphatic rings. The monoisotopic (exact) mass is 929 g/mol. The number of carbonyl (C=O) groups excluding carboxylic acids is 6. The van der Waals surface area contributed by atoms with Gasteiger partial charge in [0.25, 0.3) is 17.7 Å². The number of anilines is 1. The lowest BCUT2D eigenvalue weighted by molar-refractivity contribution is -0.138. The number of nitrogens with one attached hydrogen (secondary N) is 2. The fourth-order valence-corrected chi connectivity index (χ4v) is 13.3. The number of hydrogen-bond donors (Lipinski definition) is 3. The molecule has 10 rings (SSSR count). The van der Waals surface area contributed by atoms with Crippen LogP contribution in [0.25, 0.3) is 0 Å². The lowest BCUT2D eigenvalue weighted by Crippen LogP contribution is -2.61. The topological polar surface area (TPSA) is 172 Å². The predicted molar refractivity (Wildman–Crippen MR) is 231 cm³/mol. The van der Waals surface area contributed by atoms with E-state index in [0.29, 0.717) is 31.3 Å². The van der Waals surface area contributed by atoms with Crippen LogP contribution in [0, 0.1) is 22.6 Å². The minimum Gasteiger partial charge on any atom is -0.487 e. The maximum absolute atomic E-state index is 15.8. The molecule has 14 nitrogen and oxygen atoms in total. The second kappa shape index (κ2) is 15.6. The van der Waals surface area contributed by atoms with E-state index in [1.54, 1.807) is 36.9 Å². The van der Waals surface area contributed by atoms with Crippen LogP contribution in [0.4, 0.5) is 23.2 Å². The Hall–Kier alpha value is -5.84. The third-order valence-corrected chi connectivity index (χ3v) is 17.1. The average Bonchev–Trinajstić information content (AvgIpc) is 3.66. The van der Waals surface area contributed by atoms with E-state index in [2.05, 4.69) is 15.0 Å². The summed E-state index contributed by atoms with van der Waals surface area (Å²) < 4.78 is 63.7. The average molecular weight is 930 g/mol. The van der Waals surface area contributed by atoms with Crippen molar-refractivity contribution in [3.63, 3.8) is 0 Å². The van der Waals surface area contributed by atoms with Crippen molar-refractivity contribution in [3.05, 3.63) is 87.7 Å². The van der Waals surface area contributed by atoms with Gasteiger partial charge in [-0.15, -0.1) is 0 Å². The number of ether oxygens (including phenoxy) is 1. The minimum absolute atomic E-state index is 0.0406. The number of rotatable bonds is 5. The number of likely N-dealkylation sites (tertiary alicyclic amines) is 2. The summed E-state index contributed by atoms with van der Waals surface area (Å²) >= 11 is -2.02. The zero-order valence-electron chi connectivity index (χ0n) is 36.2. The SMILES string of the molecule is CC1(C)C(=O)[SH](c2ccc(C#N)c(C(F)(F)F)c2)NN1c1ccc(C(=O)N2CC3(CCC(N4CCC5(CCc6cc7c(cc6O5)C(=O)N(C5CCC(=O)NC5=O)C7=O)CC4)CC3)C2)c(F)c1. The Morgan fingerprint density at radius 3 is 2.23 bits per heavy atom. The fraction of sp³-hybridized carbons (Fsp3) is 0.468. The van der Waals surface area contributed by atoms with Crippen LogP contribution in [0.15, 0.2) is 53.4 Å². The Morgan fingerprint density at radius 1 is 0.879 bits per heavy atom. The van der Waals surface area contributed by atoms with E-state index in [9.17, 15) is 47.2 Å². The zero-order chi connectivity index (χ0) is 46.7. The van der Waals surface area contributed by atoms with Crippen LogP contribution in [0.3, 0.4) is 0 Å². The molecule has 66 heavy (non-hydrogen) atoms. The number of imide groups is 2. The Labute approximate surface area is 380 Å². The molecule has 3 aromatic carbocycles. The van der Waals surface area contributed by atoms with Gasteiger partial charge < -0.3 is 14.5 Å². The van der Waals surface area contributed by atoms with E-state index in [1.807, 2.05) is 0 Å². The molecule has 6 heterocycles. The zero-order valence-corrected chi connectivity index (χ0v) is 37.1. The van der Waals surface area contributed by atoms with Gasteiger partial charge >= 0.3 is 6.18 Å². The summed E-state index contributed by atoms with van der Waals surface area (Å²) in [5.41, 5.74) is -1.97. The van der Waals surface area contributed by atoms with Crippen molar-refractivity contribution in [2.45, 2.75) is 112 Å². The minimum atomic E-state index is -4.80. The largest absolute Gasteiger partial charge is 0.487 e. The highest BCUT2D eigenvalue weighted by Crippen LogP contribution is 2.50. The smallest absolute Gasteiger partial charge is 0.417 e. The van der Waals surface area contributed by atoms with Gasteiger partial charge in [0.1, 0.15) is 28.7 Å². The van der Waals surface area contributed by atoms with Gasteiger partial charge in [-0.3, -0.25) is 44.0 Å². The first-order valence-corrected chi connectivity index (χ1v) is 23.6. The van der Waals surface area contributed by atoms with Crippen LogP contribution in [-0.4, -0.2) is 98.8 Å². The number of aryl methyl sites for hydroxylation is 1. The number of alkyl halides is 3. The van der Waals surface area contributed by atoms with E-state index in [-0.39, 0.29) is 45.5 Å². The van der Waals surface area contributed by atoms with Crippen LogP contribution in [-0.2, 0) is 27.0 Å². The second-order valence-electron chi connectivity index (χ2n) is 19.3. The van der Waals surface area contributed by atoms with Crippen LogP contribution >= 0.6 is 11.1 Å². The number of nitrogens with zero attached hydrogens (tertiary/aromatic N) is 5. The predicted octanol–water partition coefficient (Wildman–Crippen LogP) is 5.97. The standard InChI is InChI=1S/C47H47F4N7O7S/c1-44(2)43(64)66(30-5-3-27(23-52)34(21-30)47(49,50)51)54-58(44)29-4-6-31(35(48)20-29)40(61)56-24-45(25-56)12-10-28(11-13-45)55-17-15-46(16-18-55)14-9-26-19-32-33(22-37(26)65-46)42(63)57(41(32)62)36-7-8-38(59)53-39(36)60/h3-6,19-22,28,36,54,66H,7-18,24-25H2,1-2H3,(H,53,59,60). The van der Waals surface area contributed by atoms with Gasteiger partial charge in [-0.25, -0.2) is 4.39 Å². The van der Waals surface area contributed by atoms with Crippen LogP contribution < -0.4 is 19.9 Å². The van der Waals surface area contributed by atoms with E-state index >= 15 is 4.39 Å². The molecule has 2 N–H and O–H groups in total. The number of nitriles is 1. The number of hydrazine groups is 1. The lowest BCUT2D eigenvalue weighted by atomic mass is 9.67. The highest BCUT2D eigenvalue weighted by atomic mass is 32.2. The van der Waals surface area contributed by atoms with Crippen molar-refractivity contribution in [2.75, 3.05) is 31.2 Å². The van der Waals surface area contributed by atoms with E-state index in [0.717, 1.165) is 86.7 Å². The van der Waals surface area contributed by atoms with Crippen molar-refractivity contribution in [1.82, 2.24) is 24.8 Å². The number of thiol groups is 1. The van der Waals surface area contributed by atoms with Crippen molar-refractivity contribution >= 4 is 51.4 Å². The number of carbonyl (C=O) groups is 6. The van der Waals surface area contributed by atoms with Crippen molar-refractivity contribution < 1.29 is 51.1 Å². The van der Waals surface area contributed by atoms with Gasteiger partial charge in [-0.05, 0) is 126 Å². The Morgan fingerprint density at radius 2 is 1.58 bits per heavy atom. The first-order chi connectivity index (χ1) is 31.3. The van der Waals surface area contributed by atoms with Gasteiger partial charge in [-0.2, -0.15) is 23.3 Å². The molecule has 346 valence electrons. The summed E-state index contributed by atoms with van der Waals surface area (Å²) in [4.78, 5) is 86.5. The third kappa shape index (κ3) is 7.23. The highest BCUT2D eigenvalue weighted by Gasteiger charge is 2.51. The van der Waals surface area contributed by atoms with Gasteiger partial charge in [-0.1, -0.05) is 11.1 Å². The van der Waals surface area contributed by atoms with Gasteiger partial charge in [0.2, 0.25) is 16.9 Å². The highest BCUT2D eigenvalue weighted by molar-refractivity contribution is 8.28. The van der Waals surface area contributed by atoms with Crippen LogP contribution in [0.1, 0.15) is 119 Å². The Bertz CT molecular complexity index is 2680. The van der Waals surface area contributed by atoms with Crippen molar-refractivity contribution in [2.24, 2.45) is 5.41 Å². The number of fused-ring (bicyclic) bond motifs is 2. The van der Waals surface area contributed by atoms with Gasteiger partial charge in [0.05, 0.1) is 39.6 Å². The number of benzene rings is 3. The molecule has 2 atom stereocenters. The molecule has 0 bridgehead atoms. The van der Waals surface area contributed by atoms with E-state index < -0.39 is 86.0 Å². The first kappa shape index (κ1) is 44.0. The Kier molecular flexibility index (Phi) is 10.4. The molecule has 3 aromatic rings. The fourth-order valence-electron chi connectivity index (χ4n) is 11.1. The summed E-state index contributed by atoms with van der Waals surface area (Å²) in [6, 6.07) is 11.5. The normalized spacial score (nSPS) is 25.3. The molecule has 0 radical (unpaired) electrons. The number of hydrogen-bond acceptors (Lipinski definition) is 11. The summed E-state index contributed by atoms with van der Waals surface area (Å²) in [6.07, 6.45) is 2.19. The third-order valence-electron chi connectivity index (χ3n) is 15.0. The molecule has 19 heteroatoms. The van der Waals surface area contributed by atoms with Crippen molar-refractivity contribution in [1.29, 1.82) is 5.26 Å². The second-order valence-corrected chi connectivity index (χ2v) is 21.1. The molecule has 2 spiro atoms. The Balaban J connectivity index is 0.723. The van der Waals surface area contributed by atoms with Gasteiger partial charge in [0.15, 0.2) is 0 Å². The number of amides is 5. The molecule has 1 saturated carbocycles. The first-order valence-electron chi connectivity index (χ1n) is 22.2. The molecular formula is C47H47F4N7O7S. The molecule has 1 aliphatic carbocycles. The summed E-state index contributed by atoms with van der Waals surface area (Å²) in [5.74, 6) is -2.79. The summed E-state index contributed by atoms with van der Waals surface area (Å²) in [5, 5.41) is 12.5. The molecule has 4 saturated heterocycles. The number of piperidine rings is 2. The number of halogens is 4. The molecule has 5 fully saturated rings. The van der Waals surface area contributed by atoms with E-state index in [1.165, 1.54) is 23.2 Å². The summed E-state index contributed by atoms with van der Waals surface area (Å²) in [7, 11) is 0. The molecule has 0 aromatic heterocycles. The molecular weight excluding hydrogens is 883 g/mol. The van der Waals surface area contributed by atoms with Crippen LogP contribution in [0.5, 0.6) is 5.75 Å². The summed E-state index contributed by atoms with van der Waals surface area (Å²) in [6.45, 7) is 5.88. The van der Waals surface area contributed by atoms with Crippen molar-refractivity contribution in [3.8, 4) is 11.8 Å². The molecule has 2 unspecified atom stereocenters. The lowest BCUT2D eigenvalue weighted by Gasteiger charge is -2.55. The van der Waals surface area contributed by atoms with Crippen LogP contribution in [0.2, 0.25) is 0 Å². The maximum atomic E-state index is 15.8. The maximum Gasteiger partial charge on any atom is 0.417 e. The molecule has 6 aliphatic heterocycles. The molecule has 5 amide bonds. The quantitative estimate of drug-likeness (QED) is 0.157.